The maximum absolute atomic E-state index is 2.47. The van der Waals surface area contributed by atoms with Crippen LogP contribution in [0.1, 0.15) is 0 Å². The van der Waals surface area contributed by atoms with Gasteiger partial charge >= 0.3 is 0 Å². The van der Waals surface area contributed by atoms with Gasteiger partial charge in [0.1, 0.15) is 0 Å². The minimum absolute atomic E-state index is 1.14. The monoisotopic (exact) mass is 1180 g/mol. The molecule has 0 aliphatic heterocycles. The molecule has 6 heteroatoms. The Morgan fingerprint density at radius 1 is 0.178 bits per heavy atom. The number of aromatic nitrogens is 4. The van der Waals surface area contributed by atoms with Crippen molar-refractivity contribution in [2.24, 2.45) is 0 Å². The number of nitrogens with zero attached hydrogens (tertiary/aromatic N) is 4. The summed E-state index contributed by atoms with van der Waals surface area (Å²) >= 11 is 3.75. The highest BCUT2D eigenvalue weighted by molar-refractivity contribution is 7.26. The van der Waals surface area contributed by atoms with Gasteiger partial charge in [-0.25, -0.2) is 0 Å². The Labute approximate surface area is 524 Å². The van der Waals surface area contributed by atoms with Crippen LogP contribution in [0.15, 0.2) is 303 Å². The number of hydrogen-bond donors (Lipinski definition) is 0. The molecule has 0 spiro atoms. The molecule has 0 unspecified atom stereocenters. The van der Waals surface area contributed by atoms with E-state index in [-0.39, 0.29) is 0 Å². The Balaban J connectivity index is 0.668. The lowest BCUT2D eigenvalue weighted by Crippen LogP contribution is -1.95. The summed E-state index contributed by atoms with van der Waals surface area (Å²) in [6.07, 6.45) is 0. The summed E-state index contributed by atoms with van der Waals surface area (Å²) in [4.78, 5) is 0. The van der Waals surface area contributed by atoms with Crippen LogP contribution in [0.4, 0.5) is 0 Å². The van der Waals surface area contributed by atoms with Gasteiger partial charge in [-0.15, -0.1) is 22.7 Å². The summed E-state index contributed by atoms with van der Waals surface area (Å²) in [5.74, 6) is 0. The van der Waals surface area contributed by atoms with Crippen molar-refractivity contribution in [3.05, 3.63) is 303 Å². The van der Waals surface area contributed by atoms with Crippen molar-refractivity contribution in [3.8, 4) is 56.1 Å². The number of para-hydroxylation sites is 6. The fraction of sp³-hybridized carbons (Fsp3) is 0. The van der Waals surface area contributed by atoms with Gasteiger partial charge in [-0.1, -0.05) is 170 Å². The van der Waals surface area contributed by atoms with Gasteiger partial charge in [-0.05, 0) is 167 Å². The molecular weight excluding hydrogens is 1130 g/mol. The lowest BCUT2D eigenvalue weighted by molar-refractivity contribution is 1.17. The number of benzene rings is 14. The predicted octanol–water partition coefficient (Wildman–Crippen LogP) is 23.8. The third-order valence-corrected chi connectivity index (χ3v) is 21.4. The topological polar surface area (TPSA) is 19.7 Å². The van der Waals surface area contributed by atoms with Crippen LogP contribution in [0.25, 0.3) is 184 Å². The normalized spacial score (nSPS) is 12.2. The van der Waals surface area contributed by atoms with Crippen LogP contribution in [-0.4, -0.2) is 18.3 Å². The first-order valence-corrected chi connectivity index (χ1v) is 32.4. The lowest BCUT2D eigenvalue weighted by Gasteiger charge is -2.11. The van der Waals surface area contributed by atoms with E-state index in [1.54, 1.807) is 0 Å². The maximum atomic E-state index is 2.47. The molecule has 0 radical (unpaired) electrons. The van der Waals surface area contributed by atoms with E-state index in [0.717, 1.165) is 22.7 Å². The summed E-state index contributed by atoms with van der Waals surface area (Å²) in [6, 6.07) is 113. The molecule has 20 aromatic rings. The molecule has 0 bridgehead atoms. The van der Waals surface area contributed by atoms with Crippen molar-refractivity contribution in [2.45, 2.75) is 0 Å². The van der Waals surface area contributed by atoms with E-state index < -0.39 is 0 Å². The van der Waals surface area contributed by atoms with Gasteiger partial charge in [0.25, 0.3) is 0 Å². The van der Waals surface area contributed by atoms with E-state index in [2.05, 4.69) is 322 Å². The zero-order valence-corrected chi connectivity index (χ0v) is 50.1. The van der Waals surface area contributed by atoms with Gasteiger partial charge in [0.15, 0.2) is 0 Å². The van der Waals surface area contributed by atoms with Crippen molar-refractivity contribution in [3.63, 3.8) is 0 Å². The Kier molecular flexibility index (Phi) is 10.6. The first-order valence-electron chi connectivity index (χ1n) is 30.8. The largest absolute Gasteiger partial charge is 0.309 e. The Morgan fingerprint density at radius 3 is 0.867 bits per heavy atom. The third-order valence-electron chi connectivity index (χ3n) is 19.1. The third kappa shape index (κ3) is 7.23. The second kappa shape index (κ2) is 19.1. The molecule has 0 amide bonds. The minimum Gasteiger partial charge on any atom is -0.309 e. The van der Waals surface area contributed by atoms with Gasteiger partial charge in [0.05, 0.1) is 44.1 Å². The SMILES string of the molecule is c1ccc(-n2c3ccccc3c3ccc4c(c5ccccc5n4-c4cccc(-c5ccc6sc7ccc(-c8ccc9sc%10ccc(-c%11cccc(-n%12c%13ccccc%13c%13c%12ccc%12c%14ccccc%14n(-c%14ccccc%14)c%12%13)c%11)cc%10c9c8)cc7c6c5)c4)c32)cc1. The van der Waals surface area contributed by atoms with E-state index >= 15 is 0 Å². The standard InChI is InChI=1S/C84H50N4S2/c1-3-19-57(20-4-1)87-71-29-11-7-25-61(71)63-37-39-75-81(83(63)87)65-27-9-13-31-73(65)85(75)59-23-15-17-51(45-59)53-33-41-77-67(47-53)69-49-55(35-43-79(69)89-77)56-36-44-80-70(50-56)68-48-54(34-42-78(68)90-80)52-18-16-24-60(46-52)86-74-32-14-10-28-66(74)82-76(86)40-38-64-62-26-8-12-30-72(62)88(84(64)82)58-21-5-2-6-22-58/h1-50H. The summed E-state index contributed by atoms with van der Waals surface area (Å²) in [5, 5.41) is 15.2. The molecule has 6 heterocycles. The highest BCUT2D eigenvalue weighted by atomic mass is 32.1. The Bertz CT molecular complexity index is 6010. The van der Waals surface area contributed by atoms with Crippen LogP contribution in [0.3, 0.4) is 0 Å². The molecule has 0 saturated heterocycles. The van der Waals surface area contributed by atoms with E-state index in [1.807, 2.05) is 22.7 Å². The lowest BCUT2D eigenvalue weighted by atomic mass is 9.98. The molecule has 14 aromatic carbocycles. The molecule has 0 N–H and O–H groups in total. The first kappa shape index (κ1) is 49.8. The smallest absolute Gasteiger partial charge is 0.0641 e. The number of fused-ring (bicyclic) bond motifs is 20. The van der Waals surface area contributed by atoms with Gasteiger partial charge in [0, 0.05) is 106 Å². The van der Waals surface area contributed by atoms with Crippen molar-refractivity contribution < 1.29 is 0 Å². The summed E-state index contributed by atoms with van der Waals surface area (Å²) in [5.41, 5.74) is 21.5. The molecule has 4 nitrogen and oxygen atoms in total. The summed E-state index contributed by atoms with van der Waals surface area (Å²) in [7, 11) is 0. The molecule has 0 saturated carbocycles. The Hall–Kier alpha value is -11.3. The van der Waals surface area contributed by atoms with Crippen LogP contribution in [0.5, 0.6) is 0 Å². The minimum atomic E-state index is 1.14. The molecule has 0 aliphatic carbocycles. The molecular formula is C84H50N4S2. The molecule has 6 aromatic heterocycles. The van der Waals surface area contributed by atoms with Gasteiger partial charge in [0.2, 0.25) is 0 Å². The average Bonchev–Trinajstić information content (AvgIpc) is 1.57. The van der Waals surface area contributed by atoms with Crippen LogP contribution >= 0.6 is 22.7 Å². The Morgan fingerprint density at radius 2 is 0.489 bits per heavy atom. The van der Waals surface area contributed by atoms with Crippen molar-refractivity contribution >= 4 is 150 Å². The predicted molar refractivity (Wildman–Crippen MR) is 386 cm³/mol. The quantitative estimate of drug-likeness (QED) is 0.152. The molecule has 20 rings (SSSR count). The van der Waals surface area contributed by atoms with Gasteiger partial charge in [-0.2, -0.15) is 0 Å². The van der Waals surface area contributed by atoms with Gasteiger partial charge in [-0.3, -0.25) is 0 Å². The van der Waals surface area contributed by atoms with E-state index in [9.17, 15) is 0 Å². The molecule has 0 fully saturated rings. The highest BCUT2D eigenvalue weighted by Gasteiger charge is 2.24. The average molecular weight is 1180 g/mol. The van der Waals surface area contributed by atoms with Crippen molar-refractivity contribution in [1.29, 1.82) is 0 Å². The van der Waals surface area contributed by atoms with Gasteiger partial charge < -0.3 is 18.3 Å². The van der Waals surface area contributed by atoms with E-state index in [4.69, 9.17) is 0 Å². The number of hydrogen-bond acceptors (Lipinski definition) is 2. The fourth-order valence-electron chi connectivity index (χ4n) is 15.2. The highest BCUT2D eigenvalue weighted by Crippen LogP contribution is 2.47. The first-order chi connectivity index (χ1) is 44.6. The van der Waals surface area contributed by atoms with E-state index in [1.165, 1.54) is 161 Å². The van der Waals surface area contributed by atoms with Crippen LogP contribution in [0.2, 0.25) is 0 Å². The van der Waals surface area contributed by atoms with Crippen molar-refractivity contribution in [2.75, 3.05) is 0 Å². The molecule has 0 aliphatic rings. The molecule has 0 atom stereocenters. The van der Waals surface area contributed by atoms with Crippen molar-refractivity contribution in [1.82, 2.24) is 18.3 Å². The molecule has 418 valence electrons. The van der Waals surface area contributed by atoms with E-state index in [0.29, 0.717) is 0 Å². The zero-order chi connectivity index (χ0) is 58.7. The summed E-state index contributed by atoms with van der Waals surface area (Å²) < 4.78 is 15.0. The number of rotatable bonds is 7. The second-order valence-corrected chi connectivity index (χ2v) is 26.1. The number of thiophene rings is 2. The second-order valence-electron chi connectivity index (χ2n) is 23.9. The summed E-state index contributed by atoms with van der Waals surface area (Å²) in [6.45, 7) is 0. The van der Waals surface area contributed by atoms with Crippen LogP contribution < -0.4 is 0 Å². The zero-order valence-electron chi connectivity index (χ0n) is 48.5. The fourth-order valence-corrected chi connectivity index (χ4v) is 17.3. The maximum Gasteiger partial charge on any atom is 0.0641 e. The van der Waals surface area contributed by atoms with Crippen LogP contribution in [0, 0.1) is 0 Å². The van der Waals surface area contributed by atoms with Crippen LogP contribution in [-0.2, 0) is 0 Å². The molecule has 90 heavy (non-hydrogen) atoms.